The van der Waals surface area contributed by atoms with Crippen molar-refractivity contribution < 1.29 is 9.53 Å². The van der Waals surface area contributed by atoms with Gasteiger partial charge < -0.3 is 9.64 Å². The maximum Gasteiger partial charge on any atom is 0.310 e. The van der Waals surface area contributed by atoms with E-state index in [1.807, 2.05) is 7.05 Å². The summed E-state index contributed by atoms with van der Waals surface area (Å²) in [5, 5.41) is 0. The minimum Gasteiger partial charge on any atom is -0.469 e. The fourth-order valence-corrected chi connectivity index (χ4v) is 1.67. The van der Waals surface area contributed by atoms with Crippen LogP contribution in [0.2, 0.25) is 0 Å². The Morgan fingerprint density at radius 2 is 2.18 bits per heavy atom. The monoisotopic (exact) mass is 157 g/mol. The second-order valence-electron chi connectivity index (χ2n) is 3.33. The smallest absolute Gasteiger partial charge is 0.310 e. The lowest BCUT2D eigenvalue weighted by atomic mass is 9.99. The van der Waals surface area contributed by atoms with Gasteiger partial charge in [0, 0.05) is 13.1 Å². The van der Waals surface area contributed by atoms with E-state index in [4.69, 9.17) is 0 Å². The number of esters is 1. The summed E-state index contributed by atoms with van der Waals surface area (Å²) in [6, 6.07) is 0. The van der Waals surface area contributed by atoms with Crippen LogP contribution in [0.15, 0.2) is 0 Å². The van der Waals surface area contributed by atoms with Crippen molar-refractivity contribution >= 4 is 5.97 Å². The minimum absolute atomic E-state index is 0.0677. The molecular formula is C8H15NO2. The molecule has 0 radical (unpaired) electrons. The lowest BCUT2D eigenvalue weighted by Crippen LogP contribution is -2.22. The molecule has 64 valence electrons. The predicted molar refractivity (Wildman–Crippen MR) is 42.2 cm³/mol. The molecule has 1 rings (SSSR count). The van der Waals surface area contributed by atoms with Gasteiger partial charge in [0.15, 0.2) is 0 Å². The Kier molecular flexibility index (Phi) is 2.49. The maximum atomic E-state index is 11.1. The fraction of sp³-hybridized carbons (Fsp3) is 0.875. The van der Waals surface area contributed by atoms with Crippen LogP contribution in [0.5, 0.6) is 0 Å². The third kappa shape index (κ3) is 1.71. The normalized spacial score (nSPS) is 32.3. The van der Waals surface area contributed by atoms with Crippen molar-refractivity contribution in [3.63, 3.8) is 0 Å². The van der Waals surface area contributed by atoms with Crippen LogP contribution in [0.4, 0.5) is 0 Å². The number of hydrogen-bond acceptors (Lipinski definition) is 3. The number of methoxy groups -OCH3 is 1. The molecule has 0 aliphatic carbocycles. The van der Waals surface area contributed by atoms with E-state index in [2.05, 4.69) is 16.6 Å². The minimum atomic E-state index is -0.0677. The maximum absolute atomic E-state index is 11.1. The molecule has 1 fully saturated rings. The molecule has 11 heavy (non-hydrogen) atoms. The Balaban J connectivity index is 2.52. The number of nitrogens with zero attached hydrogens (tertiary/aromatic N) is 1. The van der Waals surface area contributed by atoms with E-state index in [9.17, 15) is 4.79 Å². The quantitative estimate of drug-likeness (QED) is 0.515. The van der Waals surface area contributed by atoms with Crippen LogP contribution in [0.25, 0.3) is 0 Å². The summed E-state index contributed by atoms with van der Waals surface area (Å²) in [5.41, 5.74) is 0. The molecule has 2 atom stereocenters. The van der Waals surface area contributed by atoms with Crippen LogP contribution in [0.3, 0.4) is 0 Å². The van der Waals surface area contributed by atoms with Gasteiger partial charge in [-0.2, -0.15) is 0 Å². The van der Waals surface area contributed by atoms with Crippen LogP contribution in [-0.2, 0) is 9.53 Å². The summed E-state index contributed by atoms with van der Waals surface area (Å²) in [6.45, 7) is 3.93. The molecule has 3 heteroatoms. The second kappa shape index (κ2) is 3.22. The molecule has 0 N–H and O–H groups in total. The third-order valence-electron chi connectivity index (χ3n) is 2.30. The van der Waals surface area contributed by atoms with Crippen molar-refractivity contribution in [2.24, 2.45) is 11.8 Å². The number of carbonyl (C=O) groups is 1. The van der Waals surface area contributed by atoms with Crippen molar-refractivity contribution in [1.82, 2.24) is 4.90 Å². The van der Waals surface area contributed by atoms with E-state index in [-0.39, 0.29) is 11.9 Å². The Hall–Kier alpha value is -0.570. The van der Waals surface area contributed by atoms with Gasteiger partial charge in [0.25, 0.3) is 0 Å². The van der Waals surface area contributed by atoms with E-state index in [0.717, 1.165) is 13.1 Å². The van der Waals surface area contributed by atoms with Gasteiger partial charge in [0.05, 0.1) is 13.0 Å². The topological polar surface area (TPSA) is 29.5 Å². The standard InChI is InChI=1S/C8H15NO2/c1-6-4-9(2)5-7(6)8(10)11-3/h6-7H,4-5H2,1-3H3/t6-,7-/m1/s1. The Labute approximate surface area is 67.3 Å². The molecule has 0 saturated carbocycles. The summed E-state index contributed by atoms with van der Waals surface area (Å²) >= 11 is 0. The number of ether oxygens (including phenoxy) is 1. The first-order valence-electron chi connectivity index (χ1n) is 3.91. The average Bonchev–Trinajstić information content (AvgIpc) is 2.28. The van der Waals surface area contributed by atoms with Gasteiger partial charge in [-0.1, -0.05) is 6.92 Å². The second-order valence-corrected chi connectivity index (χ2v) is 3.33. The van der Waals surface area contributed by atoms with Gasteiger partial charge in [-0.05, 0) is 13.0 Å². The largest absolute Gasteiger partial charge is 0.469 e. The van der Waals surface area contributed by atoms with E-state index in [0.29, 0.717) is 5.92 Å². The number of carbonyl (C=O) groups excluding carboxylic acids is 1. The van der Waals surface area contributed by atoms with Crippen LogP contribution < -0.4 is 0 Å². The van der Waals surface area contributed by atoms with Crippen molar-refractivity contribution in [2.45, 2.75) is 6.92 Å². The Morgan fingerprint density at radius 1 is 1.55 bits per heavy atom. The predicted octanol–water partition coefficient (Wildman–Crippen LogP) is 0.357. The summed E-state index contributed by atoms with van der Waals surface area (Å²) in [6.07, 6.45) is 0. The van der Waals surface area contributed by atoms with Gasteiger partial charge in [0.2, 0.25) is 0 Å². The van der Waals surface area contributed by atoms with Gasteiger partial charge in [-0.3, -0.25) is 4.79 Å². The van der Waals surface area contributed by atoms with E-state index < -0.39 is 0 Å². The van der Waals surface area contributed by atoms with E-state index in [1.54, 1.807) is 0 Å². The van der Waals surface area contributed by atoms with Crippen molar-refractivity contribution in [3.05, 3.63) is 0 Å². The molecule has 1 heterocycles. The lowest BCUT2D eigenvalue weighted by Gasteiger charge is -2.10. The molecule has 0 amide bonds. The molecule has 0 aromatic rings. The molecule has 1 saturated heterocycles. The van der Waals surface area contributed by atoms with E-state index >= 15 is 0 Å². The first-order chi connectivity index (χ1) is 5.15. The lowest BCUT2D eigenvalue weighted by molar-refractivity contribution is -0.146. The molecule has 0 spiro atoms. The highest BCUT2D eigenvalue weighted by Gasteiger charge is 2.33. The summed E-state index contributed by atoms with van der Waals surface area (Å²) in [4.78, 5) is 13.3. The molecule has 1 aliphatic rings. The van der Waals surface area contributed by atoms with Crippen molar-refractivity contribution in [1.29, 1.82) is 0 Å². The highest BCUT2D eigenvalue weighted by molar-refractivity contribution is 5.73. The molecule has 0 aromatic carbocycles. The van der Waals surface area contributed by atoms with E-state index in [1.165, 1.54) is 7.11 Å². The molecule has 0 unspecified atom stereocenters. The Morgan fingerprint density at radius 3 is 2.55 bits per heavy atom. The molecule has 0 aromatic heterocycles. The SMILES string of the molecule is COC(=O)[C@@H]1CN(C)C[C@H]1C. The number of hydrogen-bond donors (Lipinski definition) is 0. The summed E-state index contributed by atoms with van der Waals surface area (Å²) in [7, 11) is 3.48. The van der Waals surface area contributed by atoms with Crippen LogP contribution in [0, 0.1) is 11.8 Å². The summed E-state index contributed by atoms with van der Waals surface area (Å²) < 4.78 is 4.69. The van der Waals surface area contributed by atoms with Gasteiger partial charge in [0.1, 0.15) is 0 Å². The fourth-order valence-electron chi connectivity index (χ4n) is 1.67. The van der Waals surface area contributed by atoms with Gasteiger partial charge in [-0.15, -0.1) is 0 Å². The molecule has 3 nitrogen and oxygen atoms in total. The first kappa shape index (κ1) is 8.53. The highest BCUT2D eigenvalue weighted by atomic mass is 16.5. The zero-order chi connectivity index (χ0) is 8.43. The zero-order valence-electron chi connectivity index (χ0n) is 7.33. The first-order valence-corrected chi connectivity index (χ1v) is 3.91. The molecule has 1 aliphatic heterocycles. The summed E-state index contributed by atoms with van der Waals surface area (Å²) in [5.74, 6) is 0.458. The Bertz CT molecular complexity index is 158. The van der Waals surface area contributed by atoms with Gasteiger partial charge >= 0.3 is 5.97 Å². The zero-order valence-corrected chi connectivity index (χ0v) is 7.33. The highest BCUT2D eigenvalue weighted by Crippen LogP contribution is 2.22. The number of rotatable bonds is 1. The van der Waals surface area contributed by atoms with Gasteiger partial charge in [-0.25, -0.2) is 0 Å². The van der Waals surface area contributed by atoms with Crippen LogP contribution >= 0.6 is 0 Å². The molecular weight excluding hydrogens is 142 g/mol. The van der Waals surface area contributed by atoms with Crippen LogP contribution in [0.1, 0.15) is 6.92 Å². The van der Waals surface area contributed by atoms with Crippen molar-refractivity contribution in [2.75, 3.05) is 27.2 Å². The van der Waals surface area contributed by atoms with Crippen molar-refractivity contribution in [3.8, 4) is 0 Å². The average molecular weight is 157 g/mol. The van der Waals surface area contributed by atoms with Crippen LogP contribution in [-0.4, -0.2) is 38.1 Å². The molecule has 0 bridgehead atoms. The number of likely N-dealkylation sites (tertiary alicyclic amines) is 1. The third-order valence-corrected chi connectivity index (χ3v) is 2.30.